The van der Waals surface area contributed by atoms with Crippen molar-refractivity contribution in [3.8, 4) is 0 Å². The van der Waals surface area contributed by atoms with Gasteiger partial charge in [0.2, 0.25) is 0 Å². The van der Waals surface area contributed by atoms with E-state index in [1.807, 2.05) is 0 Å². The third-order valence-electron chi connectivity index (χ3n) is 2.89. The van der Waals surface area contributed by atoms with E-state index in [1.54, 1.807) is 13.8 Å². The van der Waals surface area contributed by atoms with Gasteiger partial charge in [0.15, 0.2) is 0 Å². The maximum atomic E-state index is 10.2. The van der Waals surface area contributed by atoms with Crippen LogP contribution in [0.1, 0.15) is 13.8 Å². The van der Waals surface area contributed by atoms with Crippen molar-refractivity contribution in [2.75, 3.05) is 46.2 Å². The standard InChI is InChI=1S/C12H28N2O5/c1-10(13)12(16,11(2)14)9-19-8-7-18-6-5-17-4-3-15/h10-11,15-16H,3-9,13-14H2,1-2H3. The second kappa shape index (κ2) is 10.5. The van der Waals surface area contributed by atoms with Crippen LogP contribution in [0.4, 0.5) is 0 Å². The lowest BCUT2D eigenvalue weighted by Crippen LogP contribution is -2.60. The quantitative estimate of drug-likeness (QED) is 0.320. The van der Waals surface area contributed by atoms with Gasteiger partial charge in [0.1, 0.15) is 5.60 Å². The van der Waals surface area contributed by atoms with Gasteiger partial charge in [-0.3, -0.25) is 0 Å². The molecule has 0 aromatic heterocycles. The Labute approximate surface area is 114 Å². The van der Waals surface area contributed by atoms with Gasteiger partial charge in [0, 0.05) is 12.1 Å². The largest absolute Gasteiger partial charge is 0.394 e. The summed E-state index contributed by atoms with van der Waals surface area (Å²) in [7, 11) is 0. The van der Waals surface area contributed by atoms with Gasteiger partial charge in [-0.1, -0.05) is 0 Å². The fraction of sp³-hybridized carbons (Fsp3) is 1.00. The zero-order valence-electron chi connectivity index (χ0n) is 11.9. The molecule has 0 fully saturated rings. The fourth-order valence-electron chi connectivity index (χ4n) is 1.42. The zero-order valence-corrected chi connectivity index (χ0v) is 11.9. The minimum Gasteiger partial charge on any atom is -0.394 e. The molecule has 2 unspecified atom stereocenters. The van der Waals surface area contributed by atoms with Gasteiger partial charge in [-0.25, -0.2) is 0 Å². The fourth-order valence-corrected chi connectivity index (χ4v) is 1.42. The number of aliphatic hydroxyl groups is 2. The summed E-state index contributed by atoms with van der Waals surface area (Å²) < 4.78 is 15.6. The Balaban J connectivity index is 3.57. The minimum atomic E-state index is -1.23. The second-order valence-electron chi connectivity index (χ2n) is 4.57. The van der Waals surface area contributed by atoms with Crippen LogP contribution in [-0.4, -0.2) is 74.1 Å². The molecule has 0 bridgehead atoms. The smallest absolute Gasteiger partial charge is 0.117 e. The zero-order chi connectivity index (χ0) is 14.7. The van der Waals surface area contributed by atoms with Gasteiger partial charge in [-0.2, -0.15) is 0 Å². The summed E-state index contributed by atoms with van der Waals surface area (Å²) in [5.74, 6) is 0. The van der Waals surface area contributed by atoms with Crippen LogP contribution in [0.25, 0.3) is 0 Å². The molecule has 19 heavy (non-hydrogen) atoms. The number of aliphatic hydroxyl groups excluding tert-OH is 1. The number of rotatable bonds is 12. The van der Waals surface area contributed by atoms with E-state index in [-0.39, 0.29) is 13.2 Å². The van der Waals surface area contributed by atoms with Gasteiger partial charge in [0.25, 0.3) is 0 Å². The van der Waals surface area contributed by atoms with Gasteiger partial charge in [0.05, 0.1) is 46.2 Å². The van der Waals surface area contributed by atoms with E-state index < -0.39 is 17.7 Å². The first-order chi connectivity index (χ1) is 8.95. The van der Waals surface area contributed by atoms with Crippen molar-refractivity contribution in [2.24, 2.45) is 11.5 Å². The summed E-state index contributed by atoms with van der Waals surface area (Å²) in [5, 5.41) is 18.7. The molecule has 0 aromatic carbocycles. The monoisotopic (exact) mass is 280 g/mol. The lowest BCUT2D eigenvalue weighted by Gasteiger charge is -2.35. The average molecular weight is 280 g/mol. The summed E-state index contributed by atoms with van der Waals surface area (Å²) in [5.41, 5.74) is 10.2. The molecular weight excluding hydrogens is 252 g/mol. The highest BCUT2D eigenvalue weighted by Gasteiger charge is 2.35. The molecule has 0 heterocycles. The number of hydrogen-bond donors (Lipinski definition) is 4. The molecular formula is C12H28N2O5. The van der Waals surface area contributed by atoms with E-state index >= 15 is 0 Å². The van der Waals surface area contributed by atoms with Crippen LogP contribution in [0.15, 0.2) is 0 Å². The van der Waals surface area contributed by atoms with Crippen LogP contribution in [0.3, 0.4) is 0 Å². The summed E-state index contributed by atoms with van der Waals surface area (Å²) in [6.07, 6.45) is 0. The first-order valence-corrected chi connectivity index (χ1v) is 6.52. The van der Waals surface area contributed by atoms with E-state index in [9.17, 15) is 5.11 Å². The van der Waals surface area contributed by atoms with Crippen molar-refractivity contribution in [2.45, 2.75) is 31.5 Å². The highest BCUT2D eigenvalue weighted by Crippen LogP contribution is 2.13. The van der Waals surface area contributed by atoms with E-state index in [0.717, 1.165) is 0 Å². The molecule has 0 spiro atoms. The molecule has 0 amide bonds. The van der Waals surface area contributed by atoms with Crippen LogP contribution in [0, 0.1) is 0 Å². The summed E-state index contributed by atoms with van der Waals surface area (Å²) in [6.45, 7) is 5.42. The van der Waals surface area contributed by atoms with Gasteiger partial charge < -0.3 is 35.9 Å². The van der Waals surface area contributed by atoms with Crippen molar-refractivity contribution < 1.29 is 24.4 Å². The number of hydrogen-bond acceptors (Lipinski definition) is 7. The third kappa shape index (κ3) is 7.78. The van der Waals surface area contributed by atoms with Gasteiger partial charge in [-0.15, -0.1) is 0 Å². The number of ether oxygens (including phenoxy) is 3. The SMILES string of the molecule is CC(N)C(O)(COCCOCCOCCO)C(C)N. The summed E-state index contributed by atoms with van der Waals surface area (Å²) >= 11 is 0. The van der Waals surface area contributed by atoms with E-state index in [0.29, 0.717) is 33.0 Å². The Morgan fingerprint density at radius 2 is 1.32 bits per heavy atom. The van der Waals surface area contributed by atoms with Crippen molar-refractivity contribution in [3.63, 3.8) is 0 Å². The maximum Gasteiger partial charge on any atom is 0.117 e. The minimum absolute atomic E-state index is 0.0102. The van der Waals surface area contributed by atoms with Crippen molar-refractivity contribution in [3.05, 3.63) is 0 Å². The van der Waals surface area contributed by atoms with Crippen LogP contribution in [0.5, 0.6) is 0 Å². The predicted octanol–water partition coefficient (Wildman–Crippen LogP) is -1.55. The highest BCUT2D eigenvalue weighted by atomic mass is 16.5. The first-order valence-electron chi connectivity index (χ1n) is 6.52. The number of nitrogens with two attached hydrogens (primary N) is 2. The Morgan fingerprint density at radius 1 is 0.895 bits per heavy atom. The van der Waals surface area contributed by atoms with Crippen molar-refractivity contribution in [1.82, 2.24) is 0 Å². The van der Waals surface area contributed by atoms with Gasteiger partial charge in [-0.05, 0) is 13.8 Å². The Morgan fingerprint density at radius 3 is 1.74 bits per heavy atom. The van der Waals surface area contributed by atoms with Crippen molar-refractivity contribution in [1.29, 1.82) is 0 Å². The molecule has 0 saturated heterocycles. The molecule has 0 aliphatic carbocycles. The molecule has 0 aromatic rings. The Hall–Kier alpha value is -0.280. The van der Waals surface area contributed by atoms with Crippen LogP contribution >= 0.6 is 0 Å². The molecule has 6 N–H and O–H groups in total. The van der Waals surface area contributed by atoms with Crippen LogP contribution in [-0.2, 0) is 14.2 Å². The summed E-state index contributed by atoms with van der Waals surface area (Å²) in [6, 6.07) is -0.944. The Kier molecular flexibility index (Phi) is 10.3. The van der Waals surface area contributed by atoms with Crippen LogP contribution in [0.2, 0.25) is 0 Å². The third-order valence-corrected chi connectivity index (χ3v) is 2.89. The lowest BCUT2D eigenvalue weighted by atomic mass is 9.90. The molecule has 116 valence electrons. The topological polar surface area (TPSA) is 120 Å². The molecule has 0 aliphatic heterocycles. The average Bonchev–Trinajstić information content (AvgIpc) is 2.36. The summed E-state index contributed by atoms with van der Waals surface area (Å²) in [4.78, 5) is 0. The molecule has 0 rings (SSSR count). The maximum absolute atomic E-state index is 10.2. The molecule has 7 heteroatoms. The molecule has 0 saturated carbocycles. The van der Waals surface area contributed by atoms with Crippen molar-refractivity contribution >= 4 is 0 Å². The van der Waals surface area contributed by atoms with E-state index in [1.165, 1.54) is 0 Å². The molecule has 0 radical (unpaired) electrons. The normalized spacial score (nSPS) is 18.0. The second-order valence-corrected chi connectivity index (χ2v) is 4.57. The van der Waals surface area contributed by atoms with E-state index in [2.05, 4.69) is 0 Å². The van der Waals surface area contributed by atoms with Gasteiger partial charge >= 0.3 is 0 Å². The van der Waals surface area contributed by atoms with Crippen LogP contribution < -0.4 is 11.5 Å². The first kappa shape index (κ1) is 18.7. The predicted molar refractivity (Wildman–Crippen MR) is 71.8 cm³/mol. The molecule has 2 atom stereocenters. The molecule has 0 aliphatic rings. The highest BCUT2D eigenvalue weighted by molar-refractivity contribution is 4.93. The van der Waals surface area contributed by atoms with E-state index in [4.69, 9.17) is 30.8 Å². The molecule has 7 nitrogen and oxygen atoms in total. The Bertz CT molecular complexity index is 206. The lowest BCUT2D eigenvalue weighted by molar-refractivity contribution is -0.0822.